The molecule has 1 atom stereocenters. The lowest BCUT2D eigenvalue weighted by Crippen LogP contribution is -2.27. The highest BCUT2D eigenvalue weighted by molar-refractivity contribution is 5.99. The van der Waals surface area contributed by atoms with Crippen molar-refractivity contribution in [1.82, 2.24) is 5.32 Å². The molecule has 1 saturated heterocycles. The molecule has 2 aromatic carbocycles. The van der Waals surface area contributed by atoms with Gasteiger partial charge in [-0.05, 0) is 56.2 Å². The second-order valence-corrected chi connectivity index (χ2v) is 6.40. The van der Waals surface area contributed by atoms with Crippen molar-refractivity contribution in [1.29, 1.82) is 0 Å². The molecule has 2 aromatic rings. The lowest BCUT2D eigenvalue weighted by molar-refractivity contribution is -0.117. The molecule has 0 spiro atoms. The van der Waals surface area contributed by atoms with E-state index in [1.807, 2.05) is 50.2 Å². The Kier molecular flexibility index (Phi) is 5.56. The number of carbonyl (C=O) groups is 2. The maximum Gasteiger partial charge on any atom is 0.251 e. The van der Waals surface area contributed by atoms with Crippen molar-refractivity contribution >= 4 is 17.5 Å². The minimum atomic E-state index is -0.153. The number of carbonyl (C=O) groups excluding carboxylic acids is 2. The zero-order chi connectivity index (χ0) is 18.5. The van der Waals surface area contributed by atoms with E-state index in [0.717, 1.165) is 23.4 Å². The lowest BCUT2D eigenvalue weighted by atomic mass is 10.1. The number of nitrogens with zero attached hydrogens (tertiary/aromatic N) is 1. The first-order valence-electron chi connectivity index (χ1n) is 9.02. The second kappa shape index (κ2) is 8.04. The van der Waals surface area contributed by atoms with Crippen LogP contribution in [0, 0.1) is 0 Å². The number of benzene rings is 2. The van der Waals surface area contributed by atoms with E-state index >= 15 is 0 Å². The molecule has 5 nitrogen and oxygen atoms in total. The summed E-state index contributed by atoms with van der Waals surface area (Å²) >= 11 is 0. The van der Waals surface area contributed by atoms with Gasteiger partial charge in [0.05, 0.1) is 12.6 Å². The molecule has 136 valence electrons. The van der Waals surface area contributed by atoms with E-state index in [4.69, 9.17) is 4.74 Å². The van der Waals surface area contributed by atoms with Gasteiger partial charge in [-0.2, -0.15) is 0 Å². The van der Waals surface area contributed by atoms with Crippen LogP contribution in [-0.2, 0) is 4.79 Å². The number of rotatable bonds is 6. The van der Waals surface area contributed by atoms with Gasteiger partial charge >= 0.3 is 0 Å². The number of amides is 2. The fraction of sp³-hybridized carbons (Fsp3) is 0.333. The number of ether oxygens (including phenoxy) is 1. The molecular weight excluding hydrogens is 328 g/mol. The average molecular weight is 352 g/mol. The van der Waals surface area contributed by atoms with Crippen molar-refractivity contribution in [3.63, 3.8) is 0 Å². The summed E-state index contributed by atoms with van der Waals surface area (Å²) in [5.74, 6) is 0.781. The smallest absolute Gasteiger partial charge is 0.251 e. The summed E-state index contributed by atoms with van der Waals surface area (Å²) < 4.78 is 5.44. The van der Waals surface area contributed by atoms with Crippen LogP contribution >= 0.6 is 0 Å². The van der Waals surface area contributed by atoms with Gasteiger partial charge in [-0.1, -0.05) is 18.2 Å². The van der Waals surface area contributed by atoms with Gasteiger partial charge in [-0.15, -0.1) is 0 Å². The van der Waals surface area contributed by atoms with Crippen molar-refractivity contribution in [3.05, 3.63) is 59.7 Å². The van der Waals surface area contributed by atoms with E-state index in [2.05, 4.69) is 5.32 Å². The Balaban J connectivity index is 1.68. The third-order valence-corrected chi connectivity index (χ3v) is 4.53. The summed E-state index contributed by atoms with van der Waals surface area (Å²) in [7, 11) is 0. The first-order chi connectivity index (χ1) is 12.6. The van der Waals surface area contributed by atoms with Crippen molar-refractivity contribution in [2.75, 3.05) is 18.1 Å². The molecule has 3 rings (SSSR count). The molecule has 0 radical (unpaired) electrons. The van der Waals surface area contributed by atoms with E-state index in [1.165, 1.54) is 0 Å². The van der Waals surface area contributed by atoms with E-state index in [9.17, 15) is 9.59 Å². The highest BCUT2D eigenvalue weighted by Crippen LogP contribution is 2.23. The van der Waals surface area contributed by atoms with Gasteiger partial charge in [0.15, 0.2) is 0 Å². The Labute approximate surface area is 154 Å². The maximum absolute atomic E-state index is 12.6. The van der Waals surface area contributed by atoms with Crippen molar-refractivity contribution in [3.8, 4) is 5.75 Å². The molecule has 1 aliphatic rings. The predicted molar refractivity (Wildman–Crippen MR) is 102 cm³/mol. The van der Waals surface area contributed by atoms with Crippen LogP contribution in [0.1, 0.15) is 48.7 Å². The lowest BCUT2D eigenvalue weighted by Gasteiger charge is -2.18. The van der Waals surface area contributed by atoms with Gasteiger partial charge in [-0.3, -0.25) is 9.59 Å². The van der Waals surface area contributed by atoms with Crippen molar-refractivity contribution in [2.24, 2.45) is 0 Å². The molecule has 26 heavy (non-hydrogen) atoms. The molecule has 0 saturated carbocycles. The summed E-state index contributed by atoms with van der Waals surface area (Å²) in [6.45, 7) is 5.23. The van der Waals surface area contributed by atoms with E-state index in [0.29, 0.717) is 25.1 Å². The monoisotopic (exact) mass is 352 g/mol. The molecule has 1 N–H and O–H groups in total. The summed E-state index contributed by atoms with van der Waals surface area (Å²) in [5.41, 5.74) is 2.35. The van der Waals surface area contributed by atoms with Crippen LogP contribution in [-0.4, -0.2) is 25.0 Å². The molecule has 0 bridgehead atoms. The molecule has 2 amide bonds. The summed E-state index contributed by atoms with van der Waals surface area (Å²) in [4.78, 5) is 26.3. The summed E-state index contributed by atoms with van der Waals surface area (Å²) in [5, 5.41) is 3.01. The molecule has 0 aliphatic carbocycles. The normalized spacial score (nSPS) is 15.0. The van der Waals surface area contributed by atoms with Gasteiger partial charge < -0.3 is 15.0 Å². The SMILES string of the molecule is CCOc1ccc([C@H](C)NC(=O)c2cccc(N3CCCC3=O)c2)cc1. The zero-order valence-corrected chi connectivity index (χ0v) is 15.2. The number of anilines is 1. The quantitative estimate of drug-likeness (QED) is 0.862. The Bertz CT molecular complexity index is 786. The molecular formula is C21H24N2O3. The van der Waals surface area contributed by atoms with Crippen molar-refractivity contribution < 1.29 is 14.3 Å². The molecule has 1 heterocycles. The van der Waals surface area contributed by atoms with Crippen LogP contribution in [0.15, 0.2) is 48.5 Å². The van der Waals surface area contributed by atoms with Gasteiger partial charge in [0, 0.05) is 24.2 Å². The van der Waals surface area contributed by atoms with E-state index in [1.54, 1.807) is 17.0 Å². The van der Waals surface area contributed by atoms with E-state index < -0.39 is 0 Å². The third-order valence-electron chi connectivity index (χ3n) is 4.53. The minimum Gasteiger partial charge on any atom is -0.494 e. The fourth-order valence-electron chi connectivity index (χ4n) is 3.12. The van der Waals surface area contributed by atoms with Crippen LogP contribution in [0.25, 0.3) is 0 Å². The first kappa shape index (κ1) is 18.0. The topological polar surface area (TPSA) is 58.6 Å². The fourth-order valence-corrected chi connectivity index (χ4v) is 3.12. The molecule has 1 aliphatic heterocycles. The third kappa shape index (κ3) is 4.04. The van der Waals surface area contributed by atoms with Crippen molar-refractivity contribution in [2.45, 2.75) is 32.7 Å². The molecule has 0 aromatic heterocycles. The highest BCUT2D eigenvalue weighted by atomic mass is 16.5. The van der Waals surface area contributed by atoms with Crippen LogP contribution in [0.3, 0.4) is 0 Å². The first-order valence-corrected chi connectivity index (χ1v) is 9.02. The van der Waals surface area contributed by atoms with Gasteiger partial charge in [0.25, 0.3) is 5.91 Å². The number of nitrogens with one attached hydrogen (secondary N) is 1. The molecule has 1 fully saturated rings. The van der Waals surface area contributed by atoms with Crippen LogP contribution in [0.5, 0.6) is 5.75 Å². The predicted octanol–water partition coefficient (Wildman–Crippen LogP) is 3.70. The number of hydrogen-bond donors (Lipinski definition) is 1. The summed E-state index contributed by atoms with van der Waals surface area (Å²) in [6, 6.07) is 14.8. The van der Waals surface area contributed by atoms with Crippen LogP contribution in [0.4, 0.5) is 5.69 Å². The van der Waals surface area contributed by atoms with Gasteiger partial charge in [-0.25, -0.2) is 0 Å². The van der Waals surface area contributed by atoms with Crippen LogP contribution in [0.2, 0.25) is 0 Å². The largest absolute Gasteiger partial charge is 0.494 e. The average Bonchev–Trinajstić information content (AvgIpc) is 3.08. The molecule has 5 heteroatoms. The Morgan fingerprint density at radius 3 is 2.65 bits per heavy atom. The van der Waals surface area contributed by atoms with Gasteiger partial charge in [0.1, 0.15) is 5.75 Å². The Morgan fingerprint density at radius 2 is 2.00 bits per heavy atom. The second-order valence-electron chi connectivity index (χ2n) is 6.40. The zero-order valence-electron chi connectivity index (χ0n) is 15.2. The standard InChI is InChI=1S/C21H24N2O3/c1-3-26-19-11-9-16(10-12-19)15(2)22-21(25)17-6-4-7-18(14-17)23-13-5-8-20(23)24/h4,6-7,9-12,14-15H,3,5,8,13H2,1-2H3,(H,22,25)/t15-/m0/s1. The minimum absolute atomic E-state index is 0.116. The molecule has 0 unspecified atom stereocenters. The van der Waals surface area contributed by atoms with E-state index in [-0.39, 0.29) is 17.9 Å². The summed E-state index contributed by atoms with van der Waals surface area (Å²) in [6.07, 6.45) is 1.44. The van der Waals surface area contributed by atoms with Crippen LogP contribution < -0.4 is 15.0 Å². The number of hydrogen-bond acceptors (Lipinski definition) is 3. The maximum atomic E-state index is 12.6. The van der Waals surface area contributed by atoms with Gasteiger partial charge in [0.2, 0.25) is 5.91 Å². The Hall–Kier alpha value is -2.82. The Morgan fingerprint density at radius 1 is 1.23 bits per heavy atom. The highest BCUT2D eigenvalue weighted by Gasteiger charge is 2.22.